The summed E-state index contributed by atoms with van der Waals surface area (Å²) in [7, 11) is -2.00. The third-order valence-electron chi connectivity index (χ3n) is 6.35. The zero-order valence-corrected chi connectivity index (χ0v) is 18.7. The first kappa shape index (κ1) is 22.0. The summed E-state index contributed by atoms with van der Waals surface area (Å²) in [5, 5.41) is 0. The van der Waals surface area contributed by atoms with Gasteiger partial charge in [-0.3, -0.25) is 4.98 Å². The number of hydrogen-bond acceptors (Lipinski definition) is 6. The predicted molar refractivity (Wildman–Crippen MR) is 117 cm³/mol. The minimum absolute atomic E-state index is 0.222. The van der Waals surface area contributed by atoms with Crippen molar-refractivity contribution in [3.63, 3.8) is 0 Å². The van der Waals surface area contributed by atoms with Gasteiger partial charge in [0.25, 0.3) is 0 Å². The standard InChI is InChI=1S/C23H30N2O5S/c1-28-21-3-2-4-22(17-21)31(26,27)25-13-9-23(10-14-25)18-19(8-16-30-23)7-15-29-20-5-11-24-12-6-20/h2-6,11-12,17,19H,7-10,13-16,18H2,1H3. The molecule has 168 valence electrons. The molecule has 0 aliphatic carbocycles. The minimum atomic E-state index is -3.54. The molecule has 0 amide bonds. The fourth-order valence-corrected chi connectivity index (χ4v) is 6.02. The van der Waals surface area contributed by atoms with Crippen LogP contribution in [0.2, 0.25) is 0 Å². The first-order valence-corrected chi connectivity index (χ1v) is 12.3. The number of hydrogen-bond donors (Lipinski definition) is 0. The molecule has 0 bridgehead atoms. The quantitative estimate of drug-likeness (QED) is 0.648. The Morgan fingerprint density at radius 1 is 1.16 bits per heavy atom. The lowest BCUT2D eigenvalue weighted by Gasteiger charge is -2.45. The Morgan fingerprint density at radius 3 is 2.68 bits per heavy atom. The third kappa shape index (κ3) is 5.19. The summed E-state index contributed by atoms with van der Waals surface area (Å²) in [6.07, 6.45) is 7.85. The van der Waals surface area contributed by atoms with Gasteiger partial charge in [-0.25, -0.2) is 8.42 Å². The average molecular weight is 447 g/mol. The van der Waals surface area contributed by atoms with E-state index in [1.165, 1.54) is 7.11 Å². The summed E-state index contributed by atoms with van der Waals surface area (Å²) in [6, 6.07) is 10.4. The number of piperidine rings is 1. The van der Waals surface area contributed by atoms with E-state index in [0.29, 0.717) is 31.4 Å². The van der Waals surface area contributed by atoms with Crippen LogP contribution < -0.4 is 9.47 Å². The van der Waals surface area contributed by atoms with E-state index in [1.807, 2.05) is 12.1 Å². The summed E-state index contributed by atoms with van der Waals surface area (Å²) in [5.41, 5.74) is -0.222. The van der Waals surface area contributed by atoms with Crippen molar-refractivity contribution in [3.05, 3.63) is 48.8 Å². The van der Waals surface area contributed by atoms with Gasteiger partial charge in [-0.05, 0) is 62.3 Å². The molecule has 7 nitrogen and oxygen atoms in total. The first-order chi connectivity index (χ1) is 15.0. The number of methoxy groups -OCH3 is 1. The molecule has 1 unspecified atom stereocenters. The lowest BCUT2D eigenvalue weighted by atomic mass is 9.79. The van der Waals surface area contributed by atoms with Gasteiger partial charge in [-0.2, -0.15) is 4.31 Å². The van der Waals surface area contributed by atoms with Gasteiger partial charge >= 0.3 is 0 Å². The normalized spacial score (nSPS) is 21.6. The molecule has 2 aliphatic heterocycles. The molecule has 2 aromatic rings. The lowest BCUT2D eigenvalue weighted by molar-refractivity contribution is -0.122. The molecule has 1 aromatic heterocycles. The molecule has 0 N–H and O–H groups in total. The molecular weight excluding hydrogens is 416 g/mol. The van der Waals surface area contributed by atoms with Gasteiger partial charge in [-0.1, -0.05) is 6.07 Å². The topological polar surface area (TPSA) is 78.0 Å². The van der Waals surface area contributed by atoms with Crippen molar-refractivity contribution in [3.8, 4) is 11.5 Å². The fraction of sp³-hybridized carbons (Fsp3) is 0.522. The lowest BCUT2D eigenvalue weighted by Crippen LogP contribution is -2.50. The van der Waals surface area contributed by atoms with E-state index in [1.54, 1.807) is 41.0 Å². The van der Waals surface area contributed by atoms with E-state index in [9.17, 15) is 8.42 Å². The summed E-state index contributed by atoms with van der Waals surface area (Å²) in [4.78, 5) is 4.28. The number of pyridine rings is 1. The Labute approximate surface area is 184 Å². The highest BCUT2D eigenvalue weighted by atomic mass is 32.2. The molecular formula is C23H30N2O5S. The molecule has 2 aliphatic rings. The van der Waals surface area contributed by atoms with Crippen LogP contribution in [0.3, 0.4) is 0 Å². The second kappa shape index (κ2) is 9.54. The van der Waals surface area contributed by atoms with E-state index in [4.69, 9.17) is 14.2 Å². The second-order valence-electron chi connectivity index (χ2n) is 8.29. The summed E-state index contributed by atoms with van der Waals surface area (Å²) in [6.45, 7) is 2.34. The third-order valence-corrected chi connectivity index (χ3v) is 8.25. The first-order valence-electron chi connectivity index (χ1n) is 10.8. The van der Waals surface area contributed by atoms with Crippen molar-refractivity contribution in [2.75, 3.05) is 33.4 Å². The maximum atomic E-state index is 13.1. The molecule has 2 saturated heterocycles. The molecule has 1 atom stereocenters. The number of sulfonamides is 1. The van der Waals surface area contributed by atoms with Gasteiger partial charge in [0.05, 0.1) is 24.2 Å². The highest BCUT2D eigenvalue weighted by molar-refractivity contribution is 7.89. The van der Waals surface area contributed by atoms with Crippen molar-refractivity contribution >= 4 is 10.0 Å². The Morgan fingerprint density at radius 2 is 1.94 bits per heavy atom. The number of benzene rings is 1. The number of ether oxygens (including phenoxy) is 3. The Hall–Kier alpha value is -2.16. The molecule has 1 spiro atoms. The number of aromatic nitrogens is 1. The van der Waals surface area contributed by atoms with Gasteiger partial charge in [0.1, 0.15) is 11.5 Å². The van der Waals surface area contributed by atoms with Crippen LogP contribution in [-0.4, -0.2) is 56.7 Å². The molecule has 4 rings (SSSR count). The van der Waals surface area contributed by atoms with Gasteiger partial charge in [0.15, 0.2) is 0 Å². The van der Waals surface area contributed by atoms with E-state index in [2.05, 4.69) is 4.98 Å². The maximum Gasteiger partial charge on any atom is 0.243 e. The van der Waals surface area contributed by atoms with Crippen molar-refractivity contribution < 1.29 is 22.6 Å². The van der Waals surface area contributed by atoms with E-state index >= 15 is 0 Å². The molecule has 3 heterocycles. The zero-order chi connectivity index (χ0) is 21.7. The van der Waals surface area contributed by atoms with Crippen LogP contribution in [0, 0.1) is 5.92 Å². The average Bonchev–Trinajstić information content (AvgIpc) is 2.80. The molecule has 31 heavy (non-hydrogen) atoms. The highest BCUT2D eigenvalue weighted by Crippen LogP contribution is 2.40. The molecule has 0 saturated carbocycles. The summed E-state index contributed by atoms with van der Waals surface area (Å²) < 4.78 is 45.0. The zero-order valence-electron chi connectivity index (χ0n) is 17.9. The van der Waals surface area contributed by atoms with E-state index in [0.717, 1.165) is 44.5 Å². The largest absolute Gasteiger partial charge is 0.497 e. The van der Waals surface area contributed by atoms with Crippen molar-refractivity contribution in [2.24, 2.45) is 5.92 Å². The highest BCUT2D eigenvalue weighted by Gasteiger charge is 2.42. The van der Waals surface area contributed by atoms with Crippen LogP contribution in [0.1, 0.15) is 32.1 Å². The summed E-state index contributed by atoms with van der Waals surface area (Å²) >= 11 is 0. The van der Waals surface area contributed by atoms with Crippen LogP contribution in [0.25, 0.3) is 0 Å². The van der Waals surface area contributed by atoms with E-state index < -0.39 is 10.0 Å². The van der Waals surface area contributed by atoms with Gasteiger partial charge < -0.3 is 14.2 Å². The van der Waals surface area contributed by atoms with Gasteiger partial charge in [0.2, 0.25) is 10.0 Å². The maximum absolute atomic E-state index is 13.1. The Bertz CT molecular complexity index is 959. The molecule has 8 heteroatoms. The van der Waals surface area contributed by atoms with Crippen molar-refractivity contribution in [2.45, 2.75) is 42.6 Å². The SMILES string of the molecule is COc1cccc(S(=O)(=O)N2CCC3(CC2)CC(CCOc2ccncc2)CCO3)c1. The van der Waals surface area contributed by atoms with E-state index in [-0.39, 0.29) is 10.5 Å². The van der Waals surface area contributed by atoms with Crippen molar-refractivity contribution in [1.82, 2.24) is 9.29 Å². The van der Waals surface area contributed by atoms with Gasteiger partial charge in [0, 0.05) is 38.2 Å². The monoisotopic (exact) mass is 446 g/mol. The minimum Gasteiger partial charge on any atom is -0.497 e. The predicted octanol–water partition coefficient (Wildman–Crippen LogP) is 3.51. The summed E-state index contributed by atoms with van der Waals surface area (Å²) in [5.74, 6) is 1.91. The van der Waals surface area contributed by atoms with Crippen molar-refractivity contribution in [1.29, 1.82) is 0 Å². The van der Waals surface area contributed by atoms with Crippen LogP contribution in [0.15, 0.2) is 53.7 Å². The van der Waals surface area contributed by atoms with Crippen LogP contribution in [0.5, 0.6) is 11.5 Å². The fourth-order valence-electron chi connectivity index (χ4n) is 4.55. The van der Waals surface area contributed by atoms with Crippen LogP contribution in [-0.2, 0) is 14.8 Å². The second-order valence-corrected chi connectivity index (χ2v) is 10.2. The number of nitrogens with zero attached hydrogens (tertiary/aromatic N) is 2. The molecule has 1 aromatic carbocycles. The van der Waals surface area contributed by atoms with Crippen LogP contribution in [0.4, 0.5) is 0 Å². The number of rotatable bonds is 7. The Balaban J connectivity index is 1.32. The van der Waals surface area contributed by atoms with Gasteiger partial charge in [-0.15, -0.1) is 0 Å². The molecule has 2 fully saturated rings. The van der Waals surface area contributed by atoms with Crippen LogP contribution >= 0.6 is 0 Å². The molecule has 0 radical (unpaired) electrons. The Kier molecular flexibility index (Phi) is 6.79. The smallest absolute Gasteiger partial charge is 0.243 e.